The predicted octanol–water partition coefficient (Wildman–Crippen LogP) is 1.77. The number of H-pyrrole nitrogens is 1. The van der Waals surface area contributed by atoms with Gasteiger partial charge in [-0.3, -0.25) is 14.3 Å². The molecule has 0 amide bonds. The zero-order valence-electron chi connectivity index (χ0n) is 11.1. The second kappa shape index (κ2) is 5.73. The molecule has 0 saturated heterocycles. The Hall–Kier alpha value is -1.37. The minimum Gasteiger partial charge on any atom is -0.313 e. The molecule has 0 spiro atoms. The van der Waals surface area contributed by atoms with Crippen LogP contribution < -0.4 is 11.2 Å². The van der Waals surface area contributed by atoms with Crippen LogP contribution in [-0.4, -0.2) is 19.1 Å². The average Bonchev–Trinajstić information content (AvgIpc) is 2.70. The molecule has 7 heteroatoms. The van der Waals surface area contributed by atoms with Gasteiger partial charge in [0.05, 0.1) is 0 Å². The number of halogens is 1. The molecular weight excluding hydrogens is 312 g/mol. The van der Waals surface area contributed by atoms with Crippen LogP contribution >= 0.6 is 15.9 Å². The Morgan fingerprint density at radius 3 is 2.68 bits per heavy atom. The van der Waals surface area contributed by atoms with E-state index < -0.39 is 5.69 Å². The summed E-state index contributed by atoms with van der Waals surface area (Å²) < 4.78 is 3.76. The fourth-order valence-electron chi connectivity index (χ4n) is 2.11. The maximum atomic E-state index is 11.9. The Morgan fingerprint density at radius 2 is 2.00 bits per heavy atom. The van der Waals surface area contributed by atoms with Crippen LogP contribution in [0.4, 0.5) is 0 Å². The van der Waals surface area contributed by atoms with Crippen LogP contribution in [0.3, 0.4) is 0 Å². The molecule has 2 aromatic heterocycles. The monoisotopic (exact) mass is 328 g/mol. The number of fused-ring (bicyclic) bond motifs is 1. The zero-order chi connectivity index (χ0) is 14.0. The highest BCUT2D eigenvalue weighted by molar-refractivity contribution is 9.10. The van der Waals surface area contributed by atoms with Gasteiger partial charge in [-0.15, -0.1) is 0 Å². The lowest BCUT2D eigenvalue weighted by Crippen LogP contribution is -2.29. The number of nitrogens with one attached hydrogen (secondary N) is 1. The van der Waals surface area contributed by atoms with Gasteiger partial charge in [0.25, 0.3) is 5.56 Å². The first-order valence-electron chi connectivity index (χ1n) is 6.41. The molecule has 0 bridgehead atoms. The molecular formula is C12H17BrN4O2. The van der Waals surface area contributed by atoms with E-state index in [4.69, 9.17) is 0 Å². The molecule has 2 rings (SSSR count). The molecule has 104 valence electrons. The van der Waals surface area contributed by atoms with Gasteiger partial charge in [-0.05, 0) is 22.4 Å². The Labute approximate surface area is 118 Å². The predicted molar refractivity (Wildman–Crippen MR) is 77.4 cm³/mol. The molecule has 19 heavy (non-hydrogen) atoms. The van der Waals surface area contributed by atoms with Crippen molar-refractivity contribution >= 4 is 27.1 Å². The van der Waals surface area contributed by atoms with Gasteiger partial charge in [0.1, 0.15) is 0 Å². The van der Waals surface area contributed by atoms with Crippen molar-refractivity contribution in [2.24, 2.45) is 7.05 Å². The van der Waals surface area contributed by atoms with Crippen LogP contribution in [0, 0.1) is 0 Å². The number of nitrogens with zero attached hydrogens (tertiary/aromatic N) is 3. The minimum atomic E-state index is -0.444. The molecule has 0 radical (unpaired) electrons. The Bertz CT molecular complexity index is 698. The Balaban J connectivity index is 2.44. The number of hydrogen-bond acceptors (Lipinski definition) is 3. The molecule has 1 N–H and O–H groups in total. The van der Waals surface area contributed by atoms with E-state index in [0.29, 0.717) is 15.9 Å². The summed E-state index contributed by atoms with van der Waals surface area (Å²) in [5, 5.41) is 0. The van der Waals surface area contributed by atoms with Crippen molar-refractivity contribution in [1.82, 2.24) is 19.1 Å². The van der Waals surface area contributed by atoms with Crippen molar-refractivity contribution in [3.63, 3.8) is 0 Å². The van der Waals surface area contributed by atoms with E-state index in [1.165, 1.54) is 17.4 Å². The molecule has 2 heterocycles. The van der Waals surface area contributed by atoms with Gasteiger partial charge in [0.2, 0.25) is 0 Å². The summed E-state index contributed by atoms with van der Waals surface area (Å²) in [4.78, 5) is 30.0. The minimum absolute atomic E-state index is 0.383. The SMILES string of the molecule is CCCCCCn1c(Br)nc2c1c(=O)[nH]c(=O)n2C. The lowest BCUT2D eigenvalue weighted by atomic mass is 10.2. The van der Waals surface area contributed by atoms with Crippen molar-refractivity contribution in [2.45, 2.75) is 39.2 Å². The largest absolute Gasteiger partial charge is 0.329 e. The molecule has 0 saturated carbocycles. The van der Waals surface area contributed by atoms with E-state index in [0.717, 1.165) is 19.4 Å². The standard InChI is InChI=1S/C12H17BrN4O2/c1-3-4-5-6-7-17-8-9(14-11(17)13)16(2)12(19)15-10(8)18/h3-7H2,1-2H3,(H,15,18,19). The summed E-state index contributed by atoms with van der Waals surface area (Å²) in [6, 6.07) is 0. The van der Waals surface area contributed by atoms with Crippen molar-refractivity contribution in [2.75, 3.05) is 0 Å². The molecule has 0 fully saturated rings. The molecule has 6 nitrogen and oxygen atoms in total. The molecule has 0 atom stereocenters. The third kappa shape index (κ3) is 2.65. The second-order valence-corrected chi connectivity index (χ2v) is 5.29. The molecule has 0 unspecified atom stereocenters. The lowest BCUT2D eigenvalue weighted by Gasteiger charge is -2.05. The summed E-state index contributed by atoms with van der Waals surface area (Å²) in [5.74, 6) is 0. The second-order valence-electron chi connectivity index (χ2n) is 4.58. The Morgan fingerprint density at radius 1 is 1.26 bits per heavy atom. The van der Waals surface area contributed by atoms with E-state index in [2.05, 4.69) is 32.8 Å². The van der Waals surface area contributed by atoms with Crippen LogP contribution in [0.2, 0.25) is 0 Å². The highest BCUT2D eigenvalue weighted by Gasteiger charge is 2.15. The Kier molecular flexibility index (Phi) is 4.24. The number of hydrogen-bond donors (Lipinski definition) is 1. The first kappa shape index (κ1) is 14.0. The van der Waals surface area contributed by atoms with Gasteiger partial charge in [-0.25, -0.2) is 9.78 Å². The van der Waals surface area contributed by atoms with Gasteiger partial charge in [0.15, 0.2) is 15.9 Å². The van der Waals surface area contributed by atoms with Crippen molar-refractivity contribution < 1.29 is 0 Å². The average molecular weight is 329 g/mol. The normalized spacial score (nSPS) is 11.3. The van der Waals surface area contributed by atoms with Gasteiger partial charge >= 0.3 is 5.69 Å². The van der Waals surface area contributed by atoms with Gasteiger partial charge < -0.3 is 4.57 Å². The number of aromatic nitrogens is 4. The smallest absolute Gasteiger partial charge is 0.313 e. The number of aryl methyl sites for hydroxylation is 2. The summed E-state index contributed by atoms with van der Waals surface area (Å²) in [6.45, 7) is 2.88. The third-order valence-corrected chi connectivity index (χ3v) is 3.80. The van der Waals surface area contributed by atoms with Crippen LogP contribution in [0.5, 0.6) is 0 Å². The van der Waals surface area contributed by atoms with Crippen molar-refractivity contribution in [3.8, 4) is 0 Å². The maximum Gasteiger partial charge on any atom is 0.329 e. The van der Waals surface area contributed by atoms with E-state index in [1.807, 2.05) is 4.57 Å². The first-order valence-corrected chi connectivity index (χ1v) is 7.20. The van der Waals surface area contributed by atoms with Gasteiger partial charge in [0, 0.05) is 13.6 Å². The molecule has 0 aliphatic rings. The topological polar surface area (TPSA) is 72.7 Å². The van der Waals surface area contributed by atoms with Gasteiger partial charge in [-0.1, -0.05) is 26.2 Å². The maximum absolute atomic E-state index is 11.9. The number of aromatic amines is 1. The third-order valence-electron chi connectivity index (χ3n) is 3.20. The number of rotatable bonds is 5. The van der Waals surface area contributed by atoms with E-state index >= 15 is 0 Å². The number of imidazole rings is 1. The van der Waals surface area contributed by atoms with E-state index in [-0.39, 0.29) is 5.56 Å². The van der Waals surface area contributed by atoms with Crippen LogP contribution in [0.15, 0.2) is 14.3 Å². The fraction of sp³-hybridized carbons (Fsp3) is 0.583. The quantitative estimate of drug-likeness (QED) is 0.671. The summed E-state index contributed by atoms with van der Waals surface area (Å²) in [6.07, 6.45) is 4.45. The summed E-state index contributed by atoms with van der Waals surface area (Å²) in [5.41, 5.74) is 0.0361. The summed E-state index contributed by atoms with van der Waals surface area (Å²) in [7, 11) is 1.60. The van der Waals surface area contributed by atoms with Crippen LogP contribution in [-0.2, 0) is 13.6 Å². The van der Waals surface area contributed by atoms with E-state index in [9.17, 15) is 9.59 Å². The highest BCUT2D eigenvalue weighted by Crippen LogP contribution is 2.17. The fourth-order valence-corrected chi connectivity index (χ4v) is 2.63. The molecule has 2 aromatic rings. The molecule has 0 aliphatic heterocycles. The molecule has 0 aliphatic carbocycles. The van der Waals surface area contributed by atoms with Crippen LogP contribution in [0.25, 0.3) is 11.2 Å². The zero-order valence-corrected chi connectivity index (χ0v) is 12.7. The molecule has 0 aromatic carbocycles. The van der Waals surface area contributed by atoms with Crippen molar-refractivity contribution in [3.05, 3.63) is 25.6 Å². The lowest BCUT2D eigenvalue weighted by molar-refractivity contribution is 0.583. The van der Waals surface area contributed by atoms with Gasteiger partial charge in [-0.2, -0.15) is 0 Å². The van der Waals surface area contributed by atoms with Crippen molar-refractivity contribution in [1.29, 1.82) is 0 Å². The van der Waals surface area contributed by atoms with E-state index in [1.54, 1.807) is 7.05 Å². The highest BCUT2D eigenvalue weighted by atomic mass is 79.9. The summed E-state index contributed by atoms with van der Waals surface area (Å²) >= 11 is 3.36. The number of unbranched alkanes of at least 4 members (excludes halogenated alkanes) is 3. The first-order chi connectivity index (χ1) is 9.06. The van der Waals surface area contributed by atoms with Crippen LogP contribution in [0.1, 0.15) is 32.6 Å².